The van der Waals surface area contributed by atoms with Crippen LogP contribution in [0.2, 0.25) is 0 Å². The van der Waals surface area contributed by atoms with Gasteiger partial charge >= 0.3 is 0 Å². The Morgan fingerprint density at radius 2 is 2.14 bits per heavy atom. The summed E-state index contributed by atoms with van der Waals surface area (Å²) in [6, 6.07) is 11.4. The summed E-state index contributed by atoms with van der Waals surface area (Å²) in [5.74, 6) is 0.265. The van der Waals surface area contributed by atoms with Crippen LogP contribution >= 0.6 is 0 Å². The molecular formula is C20H22N4O4. The molecular weight excluding hydrogens is 360 g/mol. The number of carbonyl (C=O) groups is 2. The SMILES string of the molecule is O=C(NCC1COCCO1)c1cnc2c(c1)N(Cc1ccccc1)C(=O)CN2. The Morgan fingerprint density at radius 3 is 2.93 bits per heavy atom. The number of fused-ring (bicyclic) bond motifs is 1. The number of benzene rings is 1. The highest BCUT2D eigenvalue weighted by atomic mass is 16.6. The van der Waals surface area contributed by atoms with Crippen molar-refractivity contribution in [1.82, 2.24) is 10.3 Å². The third-order valence-electron chi connectivity index (χ3n) is 4.69. The monoisotopic (exact) mass is 382 g/mol. The van der Waals surface area contributed by atoms with E-state index in [0.717, 1.165) is 5.56 Å². The van der Waals surface area contributed by atoms with Gasteiger partial charge in [0, 0.05) is 12.7 Å². The number of ether oxygens (including phenoxy) is 2. The molecule has 4 rings (SSSR count). The second-order valence-corrected chi connectivity index (χ2v) is 6.69. The second-order valence-electron chi connectivity index (χ2n) is 6.69. The Labute approximate surface area is 162 Å². The second kappa shape index (κ2) is 8.37. The van der Waals surface area contributed by atoms with Crippen LogP contribution in [0.15, 0.2) is 42.6 Å². The average molecular weight is 382 g/mol. The van der Waals surface area contributed by atoms with Crippen molar-refractivity contribution in [3.63, 3.8) is 0 Å². The molecule has 8 nitrogen and oxygen atoms in total. The van der Waals surface area contributed by atoms with Crippen molar-refractivity contribution in [1.29, 1.82) is 0 Å². The molecule has 146 valence electrons. The van der Waals surface area contributed by atoms with E-state index in [1.807, 2.05) is 30.3 Å². The Kier molecular flexibility index (Phi) is 5.50. The normalized spacial score (nSPS) is 18.9. The summed E-state index contributed by atoms with van der Waals surface area (Å²) in [4.78, 5) is 31.0. The number of nitrogens with one attached hydrogen (secondary N) is 2. The number of aromatic nitrogens is 1. The summed E-state index contributed by atoms with van der Waals surface area (Å²) < 4.78 is 10.9. The summed E-state index contributed by atoms with van der Waals surface area (Å²) in [5, 5.41) is 5.85. The highest BCUT2D eigenvalue weighted by Gasteiger charge is 2.26. The van der Waals surface area contributed by atoms with Crippen LogP contribution in [0.5, 0.6) is 0 Å². The van der Waals surface area contributed by atoms with Crippen molar-refractivity contribution in [3.05, 3.63) is 53.7 Å². The van der Waals surface area contributed by atoms with E-state index in [2.05, 4.69) is 15.6 Å². The lowest BCUT2D eigenvalue weighted by atomic mass is 10.1. The fourth-order valence-electron chi connectivity index (χ4n) is 3.21. The van der Waals surface area contributed by atoms with Crippen LogP contribution in [0, 0.1) is 0 Å². The predicted octanol–water partition coefficient (Wildman–Crippen LogP) is 1.19. The summed E-state index contributed by atoms with van der Waals surface area (Å²) in [6.07, 6.45) is 1.36. The lowest BCUT2D eigenvalue weighted by molar-refractivity contribution is -0.117. The maximum Gasteiger partial charge on any atom is 0.253 e. The highest BCUT2D eigenvalue weighted by Crippen LogP contribution is 2.29. The smallest absolute Gasteiger partial charge is 0.253 e. The maximum atomic E-state index is 12.5. The topological polar surface area (TPSA) is 92.8 Å². The van der Waals surface area contributed by atoms with Crippen LogP contribution in [0.1, 0.15) is 15.9 Å². The number of hydrogen-bond donors (Lipinski definition) is 2. The van der Waals surface area contributed by atoms with Gasteiger partial charge < -0.3 is 25.0 Å². The summed E-state index contributed by atoms with van der Waals surface area (Å²) >= 11 is 0. The van der Waals surface area contributed by atoms with E-state index in [1.165, 1.54) is 6.20 Å². The van der Waals surface area contributed by atoms with Gasteiger partial charge in [-0.2, -0.15) is 0 Å². The van der Waals surface area contributed by atoms with E-state index < -0.39 is 0 Å². The van der Waals surface area contributed by atoms with Crippen LogP contribution in [0.25, 0.3) is 0 Å². The number of carbonyl (C=O) groups excluding carboxylic acids is 2. The molecule has 1 atom stereocenters. The Morgan fingerprint density at radius 1 is 1.29 bits per heavy atom. The van der Waals surface area contributed by atoms with Crippen molar-refractivity contribution in [2.45, 2.75) is 12.6 Å². The summed E-state index contributed by atoms with van der Waals surface area (Å²) in [7, 11) is 0. The van der Waals surface area contributed by atoms with Gasteiger partial charge in [-0.25, -0.2) is 4.98 Å². The molecule has 2 aromatic rings. The third-order valence-corrected chi connectivity index (χ3v) is 4.69. The molecule has 0 aliphatic carbocycles. The van der Waals surface area contributed by atoms with Crippen LogP contribution < -0.4 is 15.5 Å². The van der Waals surface area contributed by atoms with Gasteiger partial charge in [-0.15, -0.1) is 0 Å². The summed E-state index contributed by atoms with van der Waals surface area (Å²) in [6.45, 7) is 2.54. The average Bonchev–Trinajstić information content (AvgIpc) is 2.75. The largest absolute Gasteiger partial charge is 0.376 e. The standard InChI is InChI=1S/C20H22N4O4/c25-18-11-22-19-17(24(18)12-14-4-2-1-3-5-14)8-15(9-21-19)20(26)23-10-16-13-27-6-7-28-16/h1-5,8-9,16H,6-7,10-13H2,(H,21,22)(H,23,26). The first-order chi connectivity index (χ1) is 13.7. The molecule has 1 fully saturated rings. The number of amides is 2. The van der Waals surface area contributed by atoms with Crippen molar-refractivity contribution >= 4 is 23.3 Å². The van der Waals surface area contributed by atoms with Gasteiger partial charge in [0.2, 0.25) is 5.91 Å². The first-order valence-electron chi connectivity index (χ1n) is 9.26. The van der Waals surface area contributed by atoms with Crippen LogP contribution in [0.3, 0.4) is 0 Å². The minimum absolute atomic E-state index is 0.0662. The van der Waals surface area contributed by atoms with Crippen molar-refractivity contribution in [2.24, 2.45) is 0 Å². The Bertz CT molecular complexity index is 853. The third kappa shape index (κ3) is 4.13. The van der Waals surface area contributed by atoms with Gasteiger partial charge in [-0.05, 0) is 11.6 Å². The number of rotatable bonds is 5. The summed E-state index contributed by atoms with van der Waals surface area (Å²) in [5.41, 5.74) is 2.00. The molecule has 1 aromatic heterocycles. The molecule has 2 N–H and O–H groups in total. The predicted molar refractivity (Wildman–Crippen MR) is 103 cm³/mol. The molecule has 0 spiro atoms. The number of hydrogen-bond acceptors (Lipinski definition) is 6. The van der Waals surface area contributed by atoms with Crippen molar-refractivity contribution in [2.75, 3.05) is 43.1 Å². The first-order valence-corrected chi connectivity index (χ1v) is 9.26. The van der Waals surface area contributed by atoms with E-state index in [-0.39, 0.29) is 24.5 Å². The number of pyridine rings is 1. The molecule has 0 radical (unpaired) electrons. The highest BCUT2D eigenvalue weighted by molar-refractivity contribution is 6.04. The van der Waals surface area contributed by atoms with Crippen LogP contribution in [0.4, 0.5) is 11.5 Å². The lowest BCUT2D eigenvalue weighted by Crippen LogP contribution is -2.41. The first kappa shape index (κ1) is 18.4. The molecule has 2 aliphatic heterocycles. The molecule has 1 aromatic carbocycles. The van der Waals surface area contributed by atoms with Gasteiger partial charge in [0.05, 0.1) is 50.3 Å². The number of anilines is 2. The van der Waals surface area contributed by atoms with Gasteiger partial charge in [0.15, 0.2) is 5.82 Å². The fourth-order valence-corrected chi connectivity index (χ4v) is 3.21. The van der Waals surface area contributed by atoms with Gasteiger partial charge in [0.1, 0.15) is 0 Å². The Balaban J connectivity index is 1.50. The minimum Gasteiger partial charge on any atom is -0.376 e. The van der Waals surface area contributed by atoms with E-state index >= 15 is 0 Å². The molecule has 0 saturated carbocycles. The molecule has 2 aliphatic rings. The molecule has 2 amide bonds. The van der Waals surface area contributed by atoms with Crippen LogP contribution in [-0.2, 0) is 20.8 Å². The number of nitrogens with zero attached hydrogens (tertiary/aromatic N) is 2. The van der Waals surface area contributed by atoms with Crippen molar-refractivity contribution in [3.8, 4) is 0 Å². The van der Waals surface area contributed by atoms with Gasteiger partial charge in [0.25, 0.3) is 5.91 Å². The van der Waals surface area contributed by atoms with E-state index in [9.17, 15) is 9.59 Å². The van der Waals surface area contributed by atoms with Gasteiger partial charge in [-0.1, -0.05) is 30.3 Å². The molecule has 28 heavy (non-hydrogen) atoms. The zero-order chi connectivity index (χ0) is 19.3. The molecule has 0 bridgehead atoms. The van der Waals surface area contributed by atoms with E-state index in [4.69, 9.17) is 9.47 Å². The zero-order valence-electron chi connectivity index (χ0n) is 15.4. The zero-order valence-corrected chi connectivity index (χ0v) is 15.4. The Hall–Kier alpha value is -2.97. The molecule has 3 heterocycles. The molecule has 1 unspecified atom stereocenters. The van der Waals surface area contributed by atoms with Crippen LogP contribution in [-0.4, -0.2) is 55.8 Å². The maximum absolute atomic E-state index is 12.5. The quantitative estimate of drug-likeness (QED) is 0.807. The molecule has 1 saturated heterocycles. The lowest BCUT2D eigenvalue weighted by Gasteiger charge is -2.30. The molecule has 8 heteroatoms. The van der Waals surface area contributed by atoms with Gasteiger partial charge in [-0.3, -0.25) is 9.59 Å². The fraction of sp³-hybridized carbons (Fsp3) is 0.350. The minimum atomic E-state index is -0.262. The van der Waals surface area contributed by atoms with E-state index in [0.29, 0.717) is 50.0 Å². The van der Waals surface area contributed by atoms with E-state index in [1.54, 1.807) is 11.0 Å². The van der Waals surface area contributed by atoms with Crippen molar-refractivity contribution < 1.29 is 19.1 Å².